The van der Waals surface area contributed by atoms with Crippen LogP contribution in [0, 0.1) is 13.8 Å². The summed E-state index contributed by atoms with van der Waals surface area (Å²) in [6, 6.07) is 0. The third kappa shape index (κ3) is 2.45. The summed E-state index contributed by atoms with van der Waals surface area (Å²) in [4.78, 5) is 10.3. The number of hydrogen-bond acceptors (Lipinski definition) is 6. The Bertz CT molecular complexity index is 852. The van der Waals surface area contributed by atoms with Crippen molar-refractivity contribution in [3.8, 4) is 0 Å². The molecule has 0 spiro atoms. The lowest BCUT2D eigenvalue weighted by Gasteiger charge is -2.06. The second-order valence-corrected chi connectivity index (χ2v) is 6.77. The molecule has 0 radical (unpaired) electrons. The van der Waals surface area contributed by atoms with E-state index in [1.807, 2.05) is 13.8 Å². The van der Waals surface area contributed by atoms with Gasteiger partial charge in [0.15, 0.2) is 5.16 Å². The number of halogens is 3. The highest BCUT2D eigenvalue weighted by Crippen LogP contribution is 2.37. The molecule has 0 amide bonds. The molecule has 0 aromatic carbocycles. The highest BCUT2D eigenvalue weighted by Gasteiger charge is 2.37. The third-order valence-electron chi connectivity index (χ3n) is 3.21. The smallest absolute Gasteiger partial charge is 0.301 e. The predicted octanol–water partition coefficient (Wildman–Crippen LogP) is 3.61. The fraction of sp³-hybridized carbons (Fsp3) is 0.333. The number of nitrogens with zero attached hydrogens (tertiary/aromatic N) is 5. The summed E-state index contributed by atoms with van der Waals surface area (Å²) in [5.41, 5.74) is 1.03. The summed E-state index contributed by atoms with van der Waals surface area (Å²) < 4.78 is 39.2. The van der Waals surface area contributed by atoms with Crippen molar-refractivity contribution >= 4 is 33.3 Å². The molecule has 0 saturated carbocycles. The maximum absolute atomic E-state index is 12.8. The highest BCUT2D eigenvalue weighted by molar-refractivity contribution is 7.99. The minimum Gasteiger partial charge on any atom is -0.301 e. The van der Waals surface area contributed by atoms with Crippen molar-refractivity contribution < 1.29 is 13.2 Å². The Labute approximate surface area is 131 Å². The fourth-order valence-corrected chi connectivity index (χ4v) is 3.96. The van der Waals surface area contributed by atoms with Crippen LogP contribution >= 0.6 is 23.1 Å². The molecule has 22 heavy (non-hydrogen) atoms. The summed E-state index contributed by atoms with van der Waals surface area (Å²) >= 11 is 2.58. The zero-order valence-electron chi connectivity index (χ0n) is 11.8. The molecule has 10 heteroatoms. The highest BCUT2D eigenvalue weighted by atomic mass is 32.2. The van der Waals surface area contributed by atoms with E-state index in [0.29, 0.717) is 5.03 Å². The minimum absolute atomic E-state index is 0.135. The molecule has 0 fully saturated rings. The molecular weight excluding hydrogens is 335 g/mol. The largest absolute Gasteiger partial charge is 0.451 e. The van der Waals surface area contributed by atoms with E-state index >= 15 is 0 Å². The first-order chi connectivity index (χ1) is 10.3. The molecule has 5 nitrogen and oxygen atoms in total. The zero-order chi connectivity index (χ0) is 16.1. The van der Waals surface area contributed by atoms with Gasteiger partial charge in [0, 0.05) is 17.3 Å². The van der Waals surface area contributed by atoms with Gasteiger partial charge in [0.25, 0.3) is 0 Å². The van der Waals surface area contributed by atoms with Gasteiger partial charge in [-0.05, 0) is 31.2 Å². The van der Waals surface area contributed by atoms with Crippen LogP contribution in [-0.4, -0.2) is 24.7 Å². The van der Waals surface area contributed by atoms with E-state index in [9.17, 15) is 13.2 Å². The van der Waals surface area contributed by atoms with Crippen LogP contribution in [0.15, 0.2) is 16.5 Å². The molecule has 0 N–H and O–H groups in total. The van der Waals surface area contributed by atoms with E-state index in [0.717, 1.165) is 37.0 Å². The van der Waals surface area contributed by atoms with Gasteiger partial charge < -0.3 is 4.57 Å². The quantitative estimate of drug-likeness (QED) is 0.664. The van der Waals surface area contributed by atoms with Gasteiger partial charge >= 0.3 is 6.18 Å². The lowest BCUT2D eigenvalue weighted by Crippen LogP contribution is -2.12. The molecule has 0 aliphatic carbocycles. The molecule has 0 aliphatic rings. The van der Waals surface area contributed by atoms with E-state index in [1.54, 1.807) is 0 Å². The Morgan fingerprint density at radius 3 is 2.55 bits per heavy atom. The Hall–Kier alpha value is -1.68. The molecule has 0 atom stereocenters. The van der Waals surface area contributed by atoms with Crippen molar-refractivity contribution in [1.82, 2.24) is 24.7 Å². The second-order valence-electron chi connectivity index (χ2n) is 4.61. The molecule has 3 rings (SSSR count). The number of aromatic nitrogens is 5. The lowest BCUT2D eigenvalue weighted by molar-refractivity contribution is -0.147. The van der Waals surface area contributed by atoms with Crippen LogP contribution in [0.1, 0.15) is 16.3 Å². The summed E-state index contributed by atoms with van der Waals surface area (Å²) in [6.45, 7) is 3.92. The summed E-state index contributed by atoms with van der Waals surface area (Å²) in [7, 11) is 1.29. The molecule has 3 aromatic heterocycles. The Balaban J connectivity index is 2.06. The first-order valence-corrected chi connectivity index (χ1v) is 7.77. The molecule has 0 aliphatic heterocycles. The number of rotatable bonds is 2. The number of hydrogen-bond donors (Lipinski definition) is 0. The maximum atomic E-state index is 12.8. The SMILES string of the molecule is Cc1sc2ncnc(Sc3nnc(C(F)(F)F)n3C)c2c1C. The van der Waals surface area contributed by atoms with Gasteiger partial charge in [-0.15, -0.1) is 21.5 Å². The average Bonchev–Trinajstić information content (AvgIpc) is 2.92. The van der Waals surface area contributed by atoms with Crippen molar-refractivity contribution in [2.45, 2.75) is 30.2 Å². The average molecular weight is 345 g/mol. The summed E-state index contributed by atoms with van der Waals surface area (Å²) in [5.74, 6) is -1.03. The molecule has 0 unspecified atom stereocenters. The molecule has 116 valence electrons. The molecular formula is C12H10F3N5S2. The van der Waals surface area contributed by atoms with Crippen LogP contribution in [0.3, 0.4) is 0 Å². The van der Waals surface area contributed by atoms with Crippen molar-refractivity contribution in [1.29, 1.82) is 0 Å². The van der Waals surface area contributed by atoms with Crippen LogP contribution < -0.4 is 0 Å². The van der Waals surface area contributed by atoms with Crippen molar-refractivity contribution in [3.05, 3.63) is 22.6 Å². The van der Waals surface area contributed by atoms with E-state index in [4.69, 9.17) is 0 Å². The second kappa shape index (κ2) is 5.20. The van der Waals surface area contributed by atoms with Crippen LogP contribution in [0.5, 0.6) is 0 Å². The van der Waals surface area contributed by atoms with Crippen LogP contribution in [-0.2, 0) is 13.2 Å². The Morgan fingerprint density at radius 2 is 1.91 bits per heavy atom. The summed E-state index contributed by atoms with van der Waals surface area (Å²) in [5, 5.41) is 8.40. The van der Waals surface area contributed by atoms with Gasteiger partial charge in [-0.3, -0.25) is 0 Å². The van der Waals surface area contributed by atoms with Gasteiger partial charge in [0.05, 0.1) is 0 Å². The van der Waals surface area contributed by atoms with Gasteiger partial charge in [-0.25, -0.2) is 9.97 Å². The maximum Gasteiger partial charge on any atom is 0.451 e. The first kappa shape index (κ1) is 15.2. The molecule has 0 bridgehead atoms. The van der Waals surface area contributed by atoms with E-state index < -0.39 is 12.0 Å². The van der Waals surface area contributed by atoms with Crippen molar-refractivity contribution in [2.75, 3.05) is 0 Å². The number of thiophene rings is 1. The summed E-state index contributed by atoms with van der Waals surface area (Å²) in [6.07, 6.45) is -3.13. The monoisotopic (exact) mass is 345 g/mol. The number of fused-ring (bicyclic) bond motifs is 1. The normalized spacial score (nSPS) is 12.3. The number of aryl methyl sites for hydroxylation is 2. The van der Waals surface area contributed by atoms with Gasteiger partial charge in [-0.1, -0.05) is 0 Å². The van der Waals surface area contributed by atoms with E-state index in [2.05, 4.69) is 20.2 Å². The topological polar surface area (TPSA) is 56.5 Å². The standard InChI is InChI=1S/C12H10F3N5S2/c1-5-6(2)21-8-7(5)9(17-4-16-8)22-11-19-18-10(20(11)3)12(13,14)15/h4H,1-3H3. The van der Waals surface area contributed by atoms with E-state index in [-0.39, 0.29) is 5.16 Å². The lowest BCUT2D eigenvalue weighted by atomic mass is 10.2. The zero-order valence-corrected chi connectivity index (χ0v) is 13.4. The van der Waals surface area contributed by atoms with Crippen molar-refractivity contribution in [2.24, 2.45) is 7.05 Å². The van der Waals surface area contributed by atoms with Gasteiger partial charge in [-0.2, -0.15) is 13.2 Å². The first-order valence-electron chi connectivity index (χ1n) is 6.14. The van der Waals surface area contributed by atoms with Crippen LogP contribution in [0.4, 0.5) is 13.2 Å². The van der Waals surface area contributed by atoms with Crippen LogP contribution in [0.2, 0.25) is 0 Å². The van der Waals surface area contributed by atoms with Gasteiger partial charge in [0.2, 0.25) is 5.82 Å². The van der Waals surface area contributed by atoms with Gasteiger partial charge in [0.1, 0.15) is 16.2 Å². The molecule has 0 saturated heterocycles. The number of alkyl halides is 3. The van der Waals surface area contributed by atoms with Crippen LogP contribution in [0.25, 0.3) is 10.2 Å². The third-order valence-corrected chi connectivity index (χ3v) is 5.36. The minimum atomic E-state index is -4.53. The predicted molar refractivity (Wildman–Crippen MR) is 77.0 cm³/mol. The molecule has 3 heterocycles. The Kier molecular flexibility index (Phi) is 3.60. The fourth-order valence-electron chi connectivity index (χ4n) is 1.96. The van der Waals surface area contributed by atoms with E-state index in [1.165, 1.54) is 24.7 Å². The molecule has 3 aromatic rings. The Morgan fingerprint density at radius 1 is 1.18 bits per heavy atom. The van der Waals surface area contributed by atoms with Crippen molar-refractivity contribution in [3.63, 3.8) is 0 Å².